The number of hydrogen-bond donors (Lipinski definition) is 1. The first-order valence-electron chi connectivity index (χ1n) is 7.31. The fourth-order valence-electron chi connectivity index (χ4n) is 3.74. The highest BCUT2D eigenvalue weighted by Crippen LogP contribution is 2.40. The molecule has 0 bridgehead atoms. The molecule has 0 amide bonds. The Morgan fingerprint density at radius 2 is 1.88 bits per heavy atom. The van der Waals surface area contributed by atoms with Gasteiger partial charge < -0.3 is 5.73 Å². The van der Waals surface area contributed by atoms with E-state index in [4.69, 9.17) is 5.73 Å². The molecule has 2 rings (SSSR count). The summed E-state index contributed by atoms with van der Waals surface area (Å²) in [5.41, 5.74) is 7.25. The Kier molecular flexibility index (Phi) is 3.57. The third-order valence-corrected chi connectivity index (χ3v) is 5.10. The first kappa shape index (κ1) is 13.4. The predicted molar refractivity (Wildman–Crippen MR) is 74.0 cm³/mol. The third kappa shape index (κ3) is 3.03. The number of nitrogens with zero attached hydrogens (tertiary/aromatic N) is 1. The molecule has 1 aliphatic carbocycles. The smallest absolute Gasteiger partial charge is 0.0153 e. The topological polar surface area (TPSA) is 29.3 Å². The van der Waals surface area contributed by atoms with Crippen LogP contribution in [0.25, 0.3) is 0 Å². The van der Waals surface area contributed by atoms with Crippen LogP contribution in [0.5, 0.6) is 0 Å². The first-order chi connectivity index (χ1) is 7.80. The highest BCUT2D eigenvalue weighted by molar-refractivity contribution is 4.93. The lowest BCUT2D eigenvalue weighted by atomic mass is 9.70. The van der Waals surface area contributed by atoms with Crippen LogP contribution < -0.4 is 5.73 Å². The largest absolute Gasteiger partial charge is 0.327 e. The van der Waals surface area contributed by atoms with E-state index in [0.29, 0.717) is 22.9 Å². The summed E-state index contributed by atoms with van der Waals surface area (Å²) in [6.45, 7) is 12.1. The molecule has 1 saturated carbocycles. The zero-order chi connectivity index (χ0) is 12.7. The quantitative estimate of drug-likeness (QED) is 0.801. The second kappa shape index (κ2) is 4.55. The number of likely N-dealkylation sites (tertiary alicyclic amines) is 1. The van der Waals surface area contributed by atoms with Gasteiger partial charge in [0, 0.05) is 18.1 Å². The Morgan fingerprint density at radius 1 is 1.18 bits per heavy atom. The lowest BCUT2D eigenvalue weighted by Crippen LogP contribution is -2.48. The van der Waals surface area contributed by atoms with Crippen molar-refractivity contribution in [1.29, 1.82) is 0 Å². The second-order valence-electron chi connectivity index (χ2n) is 7.69. The van der Waals surface area contributed by atoms with Crippen LogP contribution in [-0.2, 0) is 0 Å². The Labute approximate surface area is 107 Å². The average molecular weight is 238 g/mol. The van der Waals surface area contributed by atoms with Crippen molar-refractivity contribution in [3.63, 3.8) is 0 Å². The SMILES string of the molecule is CC1(C)CCC(N)C(CN2CCCC2(C)C)C1. The highest BCUT2D eigenvalue weighted by Gasteiger charge is 2.38. The van der Waals surface area contributed by atoms with Crippen LogP contribution in [0.15, 0.2) is 0 Å². The van der Waals surface area contributed by atoms with Crippen LogP contribution in [0.1, 0.15) is 59.8 Å². The molecule has 2 aliphatic rings. The van der Waals surface area contributed by atoms with Crippen molar-refractivity contribution in [2.24, 2.45) is 17.1 Å². The summed E-state index contributed by atoms with van der Waals surface area (Å²) in [4.78, 5) is 2.68. The van der Waals surface area contributed by atoms with E-state index in [2.05, 4.69) is 32.6 Å². The zero-order valence-corrected chi connectivity index (χ0v) is 12.1. The van der Waals surface area contributed by atoms with Gasteiger partial charge in [-0.3, -0.25) is 4.90 Å². The average Bonchev–Trinajstić information content (AvgIpc) is 2.52. The van der Waals surface area contributed by atoms with Gasteiger partial charge in [0.05, 0.1) is 0 Å². The molecule has 0 radical (unpaired) electrons. The summed E-state index contributed by atoms with van der Waals surface area (Å²) in [6.07, 6.45) is 6.53. The Bertz CT molecular complexity index is 270. The fourth-order valence-corrected chi connectivity index (χ4v) is 3.74. The molecule has 17 heavy (non-hydrogen) atoms. The van der Waals surface area contributed by atoms with Crippen LogP contribution in [0, 0.1) is 11.3 Å². The molecule has 1 heterocycles. The van der Waals surface area contributed by atoms with Gasteiger partial charge >= 0.3 is 0 Å². The highest BCUT2D eigenvalue weighted by atomic mass is 15.2. The van der Waals surface area contributed by atoms with Gasteiger partial charge in [0.25, 0.3) is 0 Å². The van der Waals surface area contributed by atoms with Gasteiger partial charge in [0.15, 0.2) is 0 Å². The number of hydrogen-bond acceptors (Lipinski definition) is 2. The van der Waals surface area contributed by atoms with Crippen LogP contribution in [0.2, 0.25) is 0 Å². The van der Waals surface area contributed by atoms with E-state index in [1.165, 1.54) is 45.2 Å². The molecule has 2 fully saturated rings. The molecule has 2 unspecified atom stereocenters. The van der Waals surface area contributed by atoms with Gasteiger partial charge in [-0.05, 0) is 63.8 Å². The van der Waals surface area contributed by atoms with Crippen LogP contribution in [0.3, 0.4) is 0 Å². The summed E-state index contributed by atoms with van der Waals surface area (Å²) >= 11 is 0. The van der Waals surface area contributed by atoms with E-state index >= 15 is 0 Å². The molecule has 0 aromatic rings. The summed E-state index contributed by atoms with van der Waals surface area (Å²) in [6, 6.07) is 0.430. The second-order valence-corrected chi connectivity index (χ2v) is 7.69. The molecule has 1 aliphatic heterocycles. The van der Waals surface area contributed by atoms with Gasteiger partial charge in [0.1, 0.15) is 0 Å². The molecule has 0 aromatic carbocycles. The van der Waals surface area contributed by atoms with Crippen molar-refractivity contribution >= 4 is 0 Å². The molecule has 2 nitrogen and oxygen atoms in total. The molecule has 0 spiro atoms. The van der Waals surface area contributed by atoms with E-state index in [1.54, 1.807) is 0 Å². The Balaban J connectivity index is 1.97. The van der Waals surface area contributed by atoms with Gasteiger partial charge in [-0.25, -0.2) is 0 Å². The maximum atomic E-state index is 6.34. The van der Waals surface area contributed by atoms with Crippen LogP contribution in [-0.4, -0.2) is 29.6 Å². The molecular formula is C15H30N2. The first-order valence-corrected chi connectivity index (χ1v) is 7.31. The van der Waals surface area contributed by atoms with E-state index in [0.717, 1.165) is 0 Å². The summed E-state index contributed by atoms with van der Waals surface area (Å²) < 4.78 is 0. The lowest BCUT2D eigenvalue weighted by Gasteiger charge is -2.43. The van der Waals surface area contributed by atoms with E-state index in [9.17, 15) is 0 Å². The lowest BCUT2D eigenvalue weighted by molar-refractivity contribution is 0.0848. The minimum atomic E-state index is 0.404. The molecule has 0 aromatic heterocycles. The normalized spacial score (nSPS) is 37.2. The van der Waals surface area contributed by atoms with Gasteiger partial charge in [-0.15, -0.1) is 0 Å². The molecule has 100 valence electrons. The molecule has 2 atom stereocenters. The predicted octanol–water partition coefficient (Wildman–Crippen LogP) is 3.01. The van der Waals surface area contributed by atoms with Crippen molar-refractivity contribution in [3.05, 3.63) is 0 Å². The van der Waals surface area contributed by atoms with Gasteiger partial charge in [0.2, 0.25) is 0 Å². The Morgan fingerprint density at radius 3 is 2.47 bits per heavy atom. The van der Waals surface area contributed by atoms with E-state index < -0.39 is 0 Å². The molecule has 2 heteroatoms. The van der Waals surface area contributed by atoms with E-state index in [1.807, 2.05) is 0 Å². The standard InChI is InChI=1S/C15H30N2/c1-14(2)8-6-13(16)12(10-14)11-17-9-5-7-15(17,3)4/h12-13H,5-11,16H2,1-4H3. The van der Waals surface area contributed by atoms with Crippen molar-refractivity contribution < 1.29 is 0 Å². The molecule has 1 saturated heterocycles. The van der Waals surface area contributed by atoms with Gasteiger partial charge in [-0.2, -0.15) is 0 Å². The zero-order valence-electron chi connectivity index (χ0n) is 12.1. The maximum absolute atomic E-state index is 6.34. The van der Waals surface area contributed by atoms with Crippen LogP contribution in [0.4, 0.5) is 0 Å². The minimum absolute atomic E-state index is 0.404. The molecule has 2 N–H and O–H groups in total. The Hall–Kier alpha value is -0.0800. The third-order valence-electron chi connectivity index (χ3n) is 5.10. The number of rotatable bonds is 2. The van der Waals surface area contributed by atoms with Crippen molar-refractivity contribution in [1.82, 2.24) is 4.90 Å². The van der Waals surface area contributed by atoms with Crippen molar-refractivity contribution in [3.8, 4) is 0 Å². The fraction of sp³-hybridized carbons (Fsp3) is 1.00. The van der Waals surface area contributed by atoms with E-state index in [-0.39, 0.29) is 0 Å². The molecular weight excluding hydrogens is 208 g/mol. The monoisotopic (exact) mass is 238 g/mol. The minimum Gasteiger partial charge on any atom is -0.327 e. The summed E-state index contributed by atoms with van der Waals surface area (Å²) in [5.74, 6) is 0.705. The van der Waals surface area contributed by atoms with Gasteiger partial charge in [-0.1, -0.05) is 13.8 Å². The van der Waals surface area contributed by atoms with Crippen molar-refractivity contribution in [2.75, 3.05) is 13.1 Å². The summed E-state index contributed by atoms with van der Waals surface area (Å²) in [5, 5.41) is 0. The van der Waals surface area contributed by atoms with Crippen molar-refractivity contribution in [2.45, 2.75) is 71.4 Å². The maximum Gasteiger partial charge on any atom is 0.0153 e. The van der Waals surface area contributed by atoms with Crippen LogP contribution >= 0.6 is 0 Å². The summed E-state index contributed by atoms with van der Waals surface area (Å²) in [7, 11) is 0. The number of nitrogens with two attached hydrogens (primary N) is 1.